The highest BCUT2D eigenvalue weighted by atomic mass is 16.5. The predicted molar refractivity (Wildman–Crippen MR) is 76.7 cm³/mol. The number of carbonyl (C=O) groups is 1. The number of rotatable bonds is 4. The molecular weight excluding hydrogens is 254 g/mol. The average molecular weight is 271 g/mol. The van der Waals surface area contributed by atoms with Gasteiger partial charge in [0.1, 0.15) is 5.75 Å². The highest BCUT2D eigenvalue weighted by Gasteiger charge is 2.08. The summed E-state index contributed by atoms with van der Waals surface area (Å²) in [5.74, 6) is 1.02. The van der Waals surface area contributed by atoms with Gasteiger partial charge in [-0.3, -0.25) is 4.79 Å². The molecule has 0 atom stereocenters. The fourth-order valence-corrected chi connectivity index (χ4v) is 1.68. The third-order valence-corrected chi connectivity index (χ3v) is 2.75. The molecule has 1 aromatic heterocycles. The first-order chi connectivity index (χ1) is 9.60. The van der Waals surface area contributed by atoms with Crippen molar-refractivity contribution in [1.29, 1.82) is 0 Å². The molecule has 0 bridgehead atoms. The molecule has 0 aliphatic rings. The molecule has 0 aliphatic carbocycles. The number of ether oxygens (including phenoxy) is 1. The molecule has 104 valence electrons. The van der Waals surface area contributed by atoms with Gasteiger partial charge in [0.05, 0.1) is 5.56 Å². The van der Waals surface area contributed by atoms with Crippen LogP contribution >= 0.6 is 0 Å². The monoisotopic (exact) mass is 271 g/mol. The summed E-state index contributed by atoms with van der Waals surface area (Å²) < 4.78 is 5.62. The van der Waals surface area contributed by atoms with Gasteiger partial charge in [0.2, 0.25) is 5.88 Å². The molecule has 2 aromatic rings. The molecular formula is C15H17N3O2. The second-order valence-corrected chi connectivity index (χ2v) is 4.54. The van der Waals surface area contributed by atoms with Crippen LogP contribution < -0.4 is 10.5 Å². The molecule has 0 saturated heterocycles. The zero-order valence-corrected chi connectivity index (χ0v) is 11.5. The van der Waals surface area contributed by atoms with E-state index in [0.717, 1.165) is 5.56 Å². The van der Waals surface area contributed by atoms with Gasteiger partial charge < -0.3 is 15.4 Å². The molecule has 0 aliphatic heterocycles. The van der Waals surface area contributed by atoms with Gasteiger partial charge in [-0.05, 0) is 23.8 Å². The first-order valence-electron chi connectivity index (χ1n) is 6.24. The number of amides is 1. The summed E-state index contributed by atoms with van der Waals surface area (Å²) in [7, 11) is 3.40. The number of pyridine rings is 1. The molecule has 2 N–H and O–H groups in total. The van der Waals surface area contributed by atoms with Crippen molar-refractivity contribution < 1.29 is 9.53 Å². The Bertz CT molecular complexity index is 594. The predicted octanol–water partition coefficient (Wildman–Crippen LogP) is 2.03. The first-order valence-corrected chi connectivity index (χ1v) is 6.24. The van der Waals surface area contributed by atoms with E-state index in [2.05, 4.69) is 4.98 Å². The molecule has 0 spiro atoms. The summed E-state index contributed by atoms with van der Waals surface area (Å²) in [6, 6.07) is 10.9. The zero-order valence-electron chi connectivity index (χ0n) is 11.5. The van der Waals surface area contributed by atoms with Crippen LogP contribution in [0.4, 0.5) is 0 Å². The first kappa shape index (κ1) is 14.0. The van der Waals surface area contributed by atoms with Gasteiger partial charge >= 0.3 is 0 Å². The molecule has 1 amide bonds. The van der Waals surface area contributed by atoms with Crippen molar-refractivity contribution in [2.45, 2.75) is 6.54 Å². The SMILES string of the molecule is CN(C)C(=O)c1ccc(Oc2cccc(CN)c2)nc1. The van der Waals surface area contributed by atoms with Crippen LogP contribution in [0.5, 0.6) is 11.6 Å². The van der Waals surface area contributed by atoms with Gasteiger partial charge in [-0.15, -0.1) is 0 Å². The Hall–Kier alpha value is -2.40. The minimum atomic E-state index is -0.0887. The van der Waals surface area contributed by atoms with Gasteiger partial charge in [0.15, 0.2) is 0 Å². The average Bonchev–Trinajstić information content (AvgIpc) is 2.47. The molecule has 0 unspecified atom stereocenters. The summed E-state index contributed by atoms with van der Waals surface area (Å²) in [6.45, 7) is 0.459. The van der Waals surface area contributed by atoms with E-state index < -0.39 is 0 Å². The summed E-state index contributed by atoms with van der Waals surface area (Å²) in [4.78, 5) is 17.4. The quantitative estimate of drug-likeness (QED) is 0.924. The van der Waals surface area contributed by atoms with E-state index in [1.54, 1.807) is 26.2 Å². The van der Waals surface area contributed by atoms with Crippen molar-refractivity contribution in [3.63, 3.8) is 0 Å². The standard InChI is InChI=1S/C15H17N3O2/c1-18(2)15(19)12-6-7-14(17-10-12)20-13-5-3-4-11(8-13)9-16/h3-8,10H,9,16H2,1-2H3. The van der Waals surface area contributed by atoms with Crippen molar-refractivity contribution in [2.75, 3.05) is 14.1 Å². The largest absolute Gasteiger partial charge is 0.439 e. The topological polar surface area (TPSA) is 68.5 Å². The van der Waals surface area contributed by atoms with Gasteiger partial charge in [-0.1, -0.05) is 12.1 Å². The van der Waals surface area contributed by atoms with Crippen LogP contribution in [-0.2, 0) is 6.54 Å². The molecule has 1 heterocycles. The van der Waals surface area contributed by atoms with Crippen LogP contribution in [0.25, 0.3) is 0 Å². The van der Waals surface area contributed by atoms with Gasteiger partial charge in [0, 0.05) is 32.9 Å². The number of hydrogen-bond donors (Lipinski definition) is 1. The van der Waals surface area contributed by atoms with E-state index in [9.17, 15) is 4.79 Å². The second-order valence-electron chi connectivity index (χ2n) is 4.54. The summed E-state index contributed by atoms with van der Waals surface area (Å²) in [5.41, 5.74) is 7.09. The Morgan fingerprint density at radius 3 is 2.70 bits per heavy atom. The van der Waals surface area contributed by atoms with Crippen molar-refractivity contribution in [3.05, 3.63) is 53.7 Å². The van der Waals surface area contributed by atoms with E-state index in [1.165, 1.54) is 11.1 Å². The zero-order chi connectivity index (χ0) is 14.5. The minimum absolute atomic E-state index is 0.0887. The second kappa shape index (κ2) is 6.16. The maximum atomic E-state index is 11.7. The van der Waals surface area contributed by atoms with Crippen LogP contribution in [0.3, 0.4) is 0 Å². The normalized spacial score (nSPS) is 10.2. The van der Waals surface area contributed by atoms with Crippen molar-refractivity contribution in [2.24, 2.45) is 5.73 Å². The third-order valence-electron chi connectivity index (χ3n) is 2.75. The van der Waals surface area contributed by atoms with E-state index in [0.29, 0.717) is 23.7 Å². The van der Waals surface area contributed by atoms with Crippen LogP contribution in [0, 0.1) is 0 Å². The van der Waals surface area contributed by atoms with Gasteiger partial charge in [-0.25, -0.2) is 4.98 Å². The smallest absolute Gasteiger partial charge is 0.254 e. The van der Waals surface area contributed by atoms with Crippen LogP contribution in [0.1, 0.15) is 15.9 Å². The number of carbonyl (C=O) groups excluding carboxylic acids is 1. The fraction of sp³-hybridized carbons (Fsp3) is 0.200. The van der Waals surface area contributed by atoms with Crippen molar-refractivity contribution in [3.8, 4) is 11.6 Å². The summed E-state index contributed by atoms with van der Waals surface area (Å²) in [5, 5.41) is 0. The maximum Gasteiger partial charge on any atom is 0.254 e. The van der Waals surface area contributed by atoms with Crippen LogP contribution in [0.2, 0.25) is 0 Å². The van der Waals surface area contributed by atoms with Crippen LogP contribution in [-0.4, -0.2) is 29.9 Å². The number of aromatic nitrogens is 1. The summed E-state index contributed by atoms with van der Waals surface area (Å²) >= 11 is 0. The molecule has 0 saturated carbocycles. The highest BCUT2D eigenvalue weighted by Crippen LogP contribution is 2.20. The van der Waals surface area contributed by atoms with E-state index >= 15 is 0 Å². The van der Waals surface area contributed by atoms with Gasteiger partial charge in [-0.2, -0.15) is 0 Å². The molecule has 5 nitrogen and oxygen atoms in total. The molecule has 20 heavy (non-hydrogen) atoms. The lowest BCUT2D eigenvalue weighted by Gasteiger charge is -2.10. The van der Waals surface area contributed by atoms with Gasteiger partial charge in [0.25, 0.3) is 5.91 Å². The fourth-order valence-electron chi connectivity index (χ4n) is 1.68. The minimum Gasteiger partial charge on any atom is -0.439 e. The summed E-state index contributed by atoms with van der Waals surface area (Å²) in [6.07, 6.45) is 1.50. The number of benzene rings is 1. The maximum absolute atomic E-state index is 11.7. The molecule has 0 fully saturated rings. The van der Waals surface area contributed by atoms with E-state index in [-0.39, 0.29) is 5.91 Å². The molecule has 5 heteroatoms. The number of nitrogens with zero attached hydrogens (tertiary/aromatic N) is 2. The lowest BCUT2D eigenvalue weighted by molar-refractivity contribution is 0.0827. The molecule has 0 radical (unpaired) electrons. The molecule has 1 aromatic carbocycles. The Morgan fingerprint density at radius 1 is 1.30 bits per heavy atom. The van der Waals surface area contributed by atoms with E-state index in [4.69, 9.17) is 10.5 Å². The number of nitrogens with two attached hydrogens (primary N) is 1. The Balaban J connectivity index is 2.12. The highest BCUT2D eigenvalue weighted by molar-refractivity contribution is 5.93. The third kappa shape index (κ3) is 3.33. The Kier molecular flexibility index (Phi) is 4.32. The van der Waals surface area contributed by atoms with Crippen molar-refractivity contribution >= 4 is 5.91 Å². The lowest BCUT2D eigenvalue weighted by Crippen LogP contribution is -2.21. The van der Waals surface area contributed by atoms with E-state index in [1.807, 2.05) is 24.3 Å². The Morgan fingerprint density at radius 2 is 2.10 bits per heavy atom. The van der Waals surface area contributed by atoms with Crippen LogP contribution in [0.15, 0.2) is 42.6 Å². The van der Waals surface area contributed by atoms with Crippen molar-refractivity contribution in [1.82, 2.24) is 9.88 Å². The lowest BCUT2D eigenvalue weighted by atomic mass is 10.2. The molecule has 2 rings (SSSR count). The number of hydrogen-bond acceptors (Lipinski definition) is 4. The Labute approximate surface area is 118 Å².